The zero-order chi connectivity index (χ0) is 12.4. The van der Waals surface area contributed by atoms with Crippen LogP contribution in [0.3, 0.4) is 0 Å². The van der Waals surface area contributed by atoms with Crippen LogP contribution in [0.1, 0.15) is 6.42 Å². The summed E-state index contributed by atoms with van der Waals surface area (Å²) in [5.41, 5.74) is -0.941. The molecular formula is C10H16N4O3. The van der Waals surface area contributed by atoms with Gasteiger partial charge in [0.25, 0.3) is 5.88 Å². The molecular weight excluding hydrogens is 224 g/mol. The summed E-state index contributed by atoms with van der Waals surface area (Å²) >= 11 is 0. The third kappa shape index (κ3) is 2.38. The van der Waals surface area contributed by atoms with E-state index in [0.717, 1.165) is 28.8 Å². The van der Waals surface area contributed by atoms with Gasteiger partial charge in [-0.3, -0.25) is 9.36 Å². The SMILES string of the molecule is Cn1nc(OCC2CCNC2)c(=O)n(C)c1=O. The molecule has 17 heavy (non-hydrogen) atoms. The van der Waals surface area contributed by atoms with E-state index in [1.165, 1.54) is 14.1 Å². The number of hydrogen-bond acceptors (Lipinski definition) is 5. The summed E-state index contributed by atoms with van der Waals surface area (Å²) in [5, 5.41) is 7.04. The molecule has 7 nitrogen and oxygen atoms in total. The molecule has 1 aromatic rings. The maximum absolute atomic E-state index is 11.7. The number of hydrogen-bond donors (Lipinski definition) is 1. The van der Waals surface area contributed by atoms with Gasteiger partial charge in [-0.2, -0.15) is 0 Å². The largest absolute Gasteiger partial charge is 0.472 e. The molecule has 7 heteroatoms. The van der Waals surface area contributed by atoms with Gasteiger partial charge in [0.05, 0.1) is 6.61 Å². The first kappa shape index (κ1) is 11.8. The summed E-state index contributed by atoms with van der Waals surface area (Å²) in [4.78, 5) is 23.1. The van der Waals surface area contributed by atoms with Gasteiger partial charge in [0.1, 0.15) is 0 Å². The molecule has 1 saturated heterocycles. The fraction of sp³-hybridized carbons (Fsp3) is 0.700. The summed E-state index contributed by atoms with van der Waals surface area (Å²) in [6, 6.07) is 0. The Labute approximate surface area is 98.0 Å². The average molecular weight is 240 g/mol. The van der Waals surface area contributed by atoms with Crippen molar-refractivity contribution in [2.45, 2.75) is 6.42 Å². The summed E-state index contributed by atoms with van der Waals surface area (Å²) < 4.78 is 7.49. The first-order valence-electron chi connectivity index (χ1n) is 5.57. The Morgan fingerprint density at radius 3 is 2.88 bits per heavy atom. The summed E-state index contributed by atoms with van der Waals surface area (Å²) in [5.74, 6) is 0.389. The topological polar surface area (TPSA) is 78.2 Å². The monoisotopic (exact) mass is 240 g/mol. The minimum Gasteiger partial charge on any atom is -0.472 e. The molecule has 0 spiro atoms. The highest BCUT2D eigenvalue weighted by atomic mass is 16.5. The van der Waals surface area contributed by atoms with Crippen LogP contribution in [0.4, 0.5) is 0 Å². The van der Waals surface area contributed by atoms with Crippen molar-refractivity contribution in [3.8, 4) is 5.88 Å². The van der Waals surface area contributed by atoms with Crippen LogP contribution in [0, 0.1) is 5.92 Å². The number of nitrogens with zero attached hydrogens (tertiary/aromatic N) is 3. The molecule has 1 aromatic heterocycles. The molecule has 1 unspecified atom stereocenters. The summed E-state index contributed by atoms with van der Waals surface area (Å²) in [7, 11) is 2.90. The summed E-state index contributed by atoms with van der Waals surface area (Å²) in [6.07, 6.45) is 1.03. The molecule has 0 saturated carbocycles. The Morgan fingerprint density at radius 1 is 1.47 bits per heavy atom. The van der Waals surface area contributed by atoms with E-state index in [1.54, 1.807) is 0 Å². The quantitative estimate of drug-likeness (QED) is 0.693. The van der Waals surface area contributed by atoms with Gasteiger partial charge < -0.3 is 10.1 Å². The maximum Gasteiger partial charge on any atom is 0.347 e. The Kier molecular flexibility index (Phi) is 3.28. The van der Waals surface area contributed by atoms with E-state index in [2.05, 4.69) is 10.4 Å². The van der Waals surface area contributed by atoms with Crippen molar-refractivity contribution in [2.75, 3.05) is 19.7 Å². The van der Waals surface area contributed by atoms with Crippen molar-refractivity contribution in [3.05, 3.63) is 20.8 Å². The average Bonchev–Trinajstić information content (AvgIpc) is 2.82. The predicted octanol–water partition coefficient (Wildman–Crippen LogP) is -1.53. The van der Waals surface area contributed by atoms with Gasteiger partial charge in [-0.1, -0.05) is 0 Å². The molecule has 2 heterocycles. The Morgan fingerprint density at radius 2 is 2.24 bits per heavy atom. The standard InChI is InChI=1S/C10H16N4O3/c1-13-9(15)8(12-14(2)10(13)16)17-6-7-3-4-11-5-7/h7,11H,3-6H2,1-2H3. The molecule has 0 bridgehead atoms. The van der Waals surface area contributed by atoms with Gasteiger partial charge in [-0.25, -0.2) is 9.48 Å². The fourth-order valence-electron chi connectivity index (χ4n) is 1.81. The third-order valence-electron chi connectivity index (χ3n) is 2.91. The lowest BCUT2D eigenvalue weighted by atomic mass is 10.1. The molecule has 0 aliphatic carbocycles. The van der Waals surface area contributed by atoms with Crippen LogP contribution >= 0.6 is 0 Å². The number of nitrogens with one attached hydrogen (secondary N) is 1. The molecule has 94 valence electrons. The first-order chi connectivity index (χ1) is 8.09. The van der Waals surface area contributed by atoms with E-state index >= 15 is 0 Å². The van der Waals surface area contributed by atoms with E-state index in [4.69, 9.17) is 4.74 Å². The van der Waals surface area contributed by atoms with E-state index in [-0.39, 0.29) is 5.88 Å². The molecule has 1 fully saturated rings. The smallest absolute Gasteiger partial charge is 0.347 e. The van der Waals surface area contributed by atoms with Crippen LogP contribution in [0.25, 0.3) is 0 Å². The first-order valence-corrected chi connectivity index (χ1v) is 5.57. The highest BCUT2D eigenvalue weighted by Gasteiger charge is 2.17. The number of rotatable bonds is 3. The molecule has 1 aliphatic heterocycles. The Hall–Kier alpha value is -1.63. The van der Waals surface area contributed by atoms with Crippen LogP contribution in [-0.4, -0.2) is 34.0 Å². The molecule has 1 N–H and O–H groups in total. The van der Waals surface area contributed by atoms with Crippen LogP contribution in [-0.2, 0) is 14.1 Å². The fourth-order valence-corrected chi connectivity index (χ4v) is 1.81. The predicted molar refractivity (Wildman–Crippen MR) is 61.2 cm³/mol. The number of aryl methyl sites for hydroxylation is 1. The minimum atomic E-state index is -0.487. The van der Waals surface area contributed by atoms with Gasteiger partial charge in [0.2, 0.25) is 0 Å². The van der Waals surface area contributed by atoms with Crippen LogP contribution in [0.2, 0.25) is 0 Å². The van der Waals surface area contributed by atoms with Gasteiger partial charge in [0.15, 0.2) is 0 Å². The van der Waals surface area contributed by atoms with Crippen molar-refractivity contribution >= 4 is 0 Å². The highest BCUT2D eigenvalue weighted by molar-refractivity contribution is 5.01. The van der Waals surface area contributed by atoms with Crippen LogP contribution < -0.4 is 21.3 Å². The molecule has 1 atom stereocenters. The summed E-state index contributed by atoms with van der Waals surface area (Å²) in [6.45, 7) is 2.33. The zero-order valence-corrected chi connectivity index (χ0v) is 9.97. The molecule has 1 aliphatic rings. The Bertz CT molecular complexity index is 513. The van der Waals surface area contributed by atoms with Crippen molar-refractivity contribution in [1.29, 1.82) is 0 Å². The van der Waals surface area contributed by atoms with E-state index in [1.807, 2.05) is 0 Å². The van der Waals surface area contributed by atoms with E-state index < -0.39 is 11.2 Å². The van der Waals surface area contributed by atoms with Gasteiger partial charge in [0, 0.05) is 26.6 Å². The second-order valence-electron chi connectivity index (χ2n) is 4.25. The normalized spacial score (nSPS) is 19.5. The zero-order valence-electron chi connectivity index (χ0n) is 9.97. The minimum absolute atomic E-state index is 0.0125. The molecule has 0 aromatic carbocycles. The maximum atomic E-state index is 11.7. The molecule has 0 radical (unpaired) electrons. The van der Waals surface area contributed by atoms with Crippen molar-refractivity contribution in [2.24, 2.45) is 20.0 Å². The highest BCUT2D eigenvalue weighted by Crippen LogP contribution is 2.08. The lowest BCUT2D eigenvalue weighted by molar-refractivity contribution is 0.238. The van der Waals surface area contributed by atoms with E-state index in [0.29, 0.717) is 12.5 Å². The Balaban J connectivity index is 2.15. The van der Waals surface area contributed by atoms with Crippen molar-refractivity contribution in [1.82, 2.24) is 19.7 Å². The molecule has 0 amide bonds. The second kappa shape index (κ2) is 4.70. The lowest BCUT2D eigenvalue weighted by Gasteiger charge is -2.10. The van der Waals surface area contributed by atoms with Crippen molar-refractivity contribution < 1.29 is 4.74 Å². The molecule has 2 rings (SSSR count). The van der Waals surface area contributed by atoms with Gasteiger partial charge >= 0.3 is 11.2 Å². The third-order valence-corrected chi connectivity index (χ3v) is 2.91. The van der Waals surface area contributed by atoms with Gasteiger partial charge in [-0.15, -0.1) is 5.10 Å². The van der Waals surface area contributed by atoms with Gasteiger partial charge in [-0.05, 0) is 13.0 Å². The number of ether oxygens (including phenoxy) is 1. The number of aromatic nitrogens is 3. The van der Waals surface area contributed by atoms with Crippen LogP contribution in [0.15, 0.2) is 9.59 Å². The van der Waals surface area contributed by atoms with E-state index in [9.17, 15) is 9.59 Å². The second-order valence-corrected chi connectivity index (χ2v) is 4.25. The van der Waals surface area contributed by atoms with Crippen molar-refractivity contribution in [3.63, 3.8) is 0 Å². The van der Waals surface area contributed by atoms with Crippen LogP contribution in [0.5, 0.6) is 5.88 Å². The lowest BCUT2D eigenvalue weighted by Crippen LogP contribution is -2.39.